The van der Waals surface area contributed by atoms with E-state index in [0.717, 1.165) is 0 Å². The number of hydrogen-bond acceptors (Lipinski definition) is 5. The van der Waals surface area contributed by atoms with Crippen molar-refractivity contribution in [1.82, 2.24) is 5.32 Å². The number of nitrogens with one attached hydrogen (secondary N) is 1. The van der Waals surface area contributed by atoms with Crippen molar-refractivity contribution in [1.29, 1.82) is 0 Å². The van der Waals surface area contributed by atoms with Gasteiger partial charge in [-0.3, -0.25) is 0 Å². The molecule has 0 aromatic rings. The van der Waals surface area contributed by atoms with Crippen LogP contribution in [0.25, 0.3) is 0 Å². The zero-order valence-electron chi connectivity index (χ0n) is 13.0. The SMILES string of the molecule is COC(=O)C(NC(=O)OC(C)(C)C)[C@@H]1[C@H](CO)C1(C)C. The molecule has 0 aliphatic heterocycles. The zero-order valence-corrected chi connectivity index (χ0v) is 13.0. The van der Waals surface area contributed by atoms with Crippen molar-refractivity contribution in [3.63, 3.8) is 0 Å². The van der Waals surface area contributed by atoms with Crippen LogP contribution < -0.4 is 5.32 Å². The Morgan fingerprint density at radius 1 is 1.35 bits per heavy atom. The Balaban J connectivity index is 2.78. The Hall–Kier alpha value is -1.30. The first-order valence-corrected chi connectivity index (χ1v) is 6.72. The Bertz CT molecular complexity index is 386. The van der Waals surface area contributed by atoms with Gasteiger partial charge in [0.25, 0.3) is 0 Å². The van der Waals surface area contributed by atoms with E-state index in [9.17, 15) is 14.7 Å². The number of aliphatic hydroxyl groups excluding tert-OH is 1. The standard InChI is InChI=1S/C14H25NO5/c1-13(2,3)20-12(18)15-10(11(17)19-6)9-8(7-16)14(9,4)5/h8-10,16H,7H2,1-6H3,(H,15,18)/t8-,9-,10?/m0/s1. The Labute approximate surface area is 119 Å². The average Bonchev–Trinajstić information content (AvgIpc) is 2.84. The zero-order chi connectivity index (χ0) is 15.7. The lowest BCUT2D eigenvalue weighted by molar-refractivity contribution is -0.144. The van der Waals surface area contributed by atoms with E-state index in [1.807, 2.05) is 13.8 Å². The van der Waals surface area contributed by atoms with Crippen molar-refractivity contribution in [3.8, 4) is 0 Å². The maximum Gasteiger partial charge on any atom is 0.408 e. The molecule has 0 bridgehead atoms. The number of rotatable bonds is 4. The van der Waals surface area contributed by atoms with Crippen LogP contribution >= 0.6 is 0 Å². The number of ether oxygens (including phenoxy) is 2. The van der Waals surface area contributed by atoms with Crippen LogP contribution in [-0.4, -0.2) is 42.5 Å². The monoisotopic (exact) mass is 287 g/mol. The minimum Gasteiger partial charge on any atom is -0.467 e. The maximum absolute atomic E-state index is 11.9. The third kappa shape index (κ3) is 3.62. The minimum atomic E-state index is -0.804. The molecule has 0 radical (unpaired) electrons. The van der Waals surface area contributed by atoms with Crippen molar-refractivity contribution in [3.05, 3.63) is 0 Å². The molecule has 1 unspecified atom stereocenters. The fourth-order valence-electron chi connectivity index (χ4n) is 2.65. The molecule has 116 valence electrons. The van der Waals surface area contributed by atoms with Gasteiger partial charge < -0.3 is 19.9 Å². The molecule has 0 aromatic heterocycles. The molecule has 2 N–H and O–H groups in total. The van der Waals surface area contributed by atoms with Gasteiger partial charge in [0.15, 0.2) is 0 Å². The summed E-state index contributed by atoms with van der Waals surface area (Å²) < 4.78 is 9.90. The van der Waals surface area contributed by atoms with E-state index < -0.39 is 23.7 Å². The average molecular weight is 287 g/mol. The third-order valence-corrected chi connectivity index (χ3v) is 3.82. The van der Waals surface area contributed by atoms with Crippen molar-refractivity contribution >= 4 is 12.1 Å². The molecule has 6 nitrogen and oxygen atoms in total. The second-order valence-corrected chi connectivity index (χ2v) is 6.78. The smallest absolute Gasteiger partial charge is 0.408 e. The Morgan fingerprint density at radius 3 is 2.25 bits per heavy atom. The predicted octanol–water partition coefficient (Wildman–Crippen LogP) is 1.32. The molecule has 0 aromatic carbocycles. The highest BCUT2D eigenvalue weighted by Crippen LogP contribution is 2.59. The van der Waals surface area contributed by atoms with E-state index in [0.29, 0.717) is 0 Å². The van der Waals surface area contributed by atoms with E-state index >= 15 is 0 Å². The summed E-state index contributed by atoms with van der Waals surface area (Å²) in [5.41, 5.74) is -0.858. The van der Waals surface area contributed by atoms with Crippen LogP contribution in [-0.2, 0) is 14.3 Å². The van der Waals surface area contributed by atoms with E-state index in [1.54, 1.807) is 20.8 Å². The van der Waals surface area contributed by atoms with Gasteiger partial charge in [-0.15, -0.1) is 0 Å². The van der Waals surface area contributed by atoms with Crippen molar-refractivity contribution in [2.45, 2.75) is 46.3 Å². The molecule has 1 saturated carbocycles. The van der Waals surface area contributed by atoms with E-state index in [4.69, 9.17) is 9.47 Å². The van der Waals surface area contributed by atoms with Crippen molar-refractivity contribution in [2.75, 3.05) is 13.7 Å². The number of alkyl carbamates (subject to hydrolysis) is 1. The molecule has 1 rings (SSSR count). The Kier molecular flexibility index (Phi) is 4.69. The first kappa shape index (κ1) is 16.8. The van der Waals surface area contributed by atoms with Crippen LogP contribution in [0.1, 0.15) is 34.6 Å². The first-order chi connectivity index (χ1) is 9.04. The van der Waals surface area contributed by atoms with Gasteiger partial charge in [-0.1, -0.05) is 13.8 Å². The number of methoxy groups -OCH3 is 1. The van der Waals surface area contributed by atoms with E-state index in [1.165, 1.54) is 7.11 Å². The molecule has 20 heavy (non-hydrogen) atoms. The van der Waals surface area contributed by atoms with Crippen LogP contribution in [0.15, 0.2) is 0 Å². The lowest BCUT2D eigenvalue weighted by Gasteiger charge is -2.23. The molecular formula is C14H25NO5. The number of aliphatic hydroxyl groups is 1. The minimum absolute atomic E-state index is 0.0266. The van der Waals surface area contributed by atoms with Gasteiger partial charge in [0, 0.05) is 12.5 Å². The van der Waals surface area contributed by atoms with Gasteiger partial charge in [0.1, 0.15) is 11.6 Å². The highest BCUT2D eigenvalue weighted by molar-refractivity contribution is 5.82. The normalized spacial score (nSPS) is 25.6. The van der Waals surface area contributed by atoms with Crippen molar-refractivity contribution < 1.29 is 24.2 Å². The number of carbonyl (C=O) groups is 2. The summed E-state index contributed by atoms with van der Waals surface area (Å²) in [4.78, 5) is 23.7. The highest BCUT2D eigenvalue weighted by atomic mass is 16.6. The fraction of sp³-hybridized carbons (Fsp3) is 0.857. The summed E-state index contributed by atoms with van der Waals surface area (Å²) in [5.74, 6) is -0.723. The summed E-state index contributed by atoms with van der Waals surface area (Å²) >= 11 is 0. The van der Waals surface area contributed by atoms with Gasteiger partial charge in [0.05, 0.1) is 7.11 Å². The van der Waals surface area contributed by atoms with Crippen molar-refractivity contribution in [2.24, 2.45) is 17.3 Å². The first-order valence-electron chi connectivity index (χ1n) is 6.72. The molecule has 6 heteroatoms. The molecule has 1 aliphatic rings. The maximum atomic E-state index is 11.9. The lowest BCUT2D eigenvalue weighted by Crippen LogP contribution is -2.46. The van der Waals surface area contributed by atoms with Gasteiger partial charge in [-0.25, -0.2) is 9.59 Å². The number of hydrogen-bond donors (Lipinski definition) is 2. The number of carbonyl (C=O) groups excluding carboxylic acids is 2. The van der Waals surface area contributed by atoms with Gasteiger partial charge in [-0.05, 0) is 32.1 Å². The largest absolute Gasteiger partial charge is 0.467 e. The van der Waals surface area contributed by atoms with E-state index in [2.05, 4.69) is 5.32 Å². The summed E-state index contributed by atoms with van der Waals surface area (Å²) in [7, 11) is 1.27. The van der Waals surface area contributed by atoms with Crippen LogP contribution in [0.4, 0.5) is 4.79 Å². The summed E-state index contributed by atoms with van der Waals surface area (Å²) in [5, 5.41) is 11.9. The predicted molar refractivity (Wildman–Crippen MR) is 73.0 cm³/mol. The van der Waals surface area contributed by atoms with Gasteiger partial charge >= 0.3 is 12.1 Å². The molecule has 3 atom stereocenters. The second-order valence-electron chi connectivity index (χ2n) is 6.78. The van der Waals surface area contributed by atoms with E-state index in [-0.39, 0.29) is 23.9 Å². The van der Waals surface area contributed by atoms with Crippen LogP contribution in [0, 0.1) is 17.3 Å². The van der Waals surface area contributed by atoms with Crippen LogP contribution in [0.3, 0.4) is 0 Å². The molecule has 1 fully saturated rings. The third-order valence-electron chi connectivity index (χ3n) is 3.82. The summed E-state index contributed by atoms with van der Waals surface area (Å²) in [6.45, 7) is 9.11. The highest BCUT2D eigenvalue weighted by Gasteiger charge is 2.62. The molecular weight excluding hydrogens is 262 g/mol. The fourth-order valence-corrected chi connectivity index (χ4v) is 2.65. The van der Waals surface area contributed by atoms with Gasteiger partial charge in [-0.2, -0.15) is 0 Å². The topological polar surface area (TPSA) is 84.9 Å². The van der Waals surface area contributed by atoms with Gasteiger partial charge in [0.2, 0.25) is 0 Å². The second kappa shape index (κ2) is 5.60. The quantitative estimate of drug-likeness (QED) is 0.762. The molecule has 0 spiro atoms. The molecule has 1 amide bonds. The Morgan fingerprint density at radius 2 is 1.90 bits per heavy atom. The summed E-state index contributed by atoms with van der Waals surface area (Å²) in [6.07, 6.45) is -0.660. The molecule has 0 saturated heterocycles. The molecule has 1 aliphatic carbocycles. The number of amides is 1. The number of esters is 1. The molecule has 0 heterocycles. The van der Waals surface area contributed by atoms with Crippen LogP contribution in [0.2, 0.25) is 0 Å². The van der Waals surface area contributed by atoms with Crippen LogP contribution in [0.5, 0.6) is 0 Å². The lowest BCUT2D eigenvalue weighted by atomic mass is 10.0. The summed E-state index contributed by atoms with van der Waals surface area (Å²) in [6, 6.07) is -0.804.